The average molecular weight is 1920 g/mol. The molecule has 24 nitrogen and oxygen atoms in total. The number of nitrogens with zero attached hydrogens (tertiary/aromatic N) is 8. The van der Waals surface area contributed by atoms with Crippen molar-refractivity contribution in [2.24, 2.45) is 11.8 Å². The molecule has 0 aliphatic carbocycles. The predicted molar refractivity (Wildman–Crippen MR) is 506 cm³/mol. The molecule has 0 bridgehead atoms. The summed E-state index contributed by atoms with van der Waals surface area (Å²) in [6, 6.07) is 57.3. The summed E-state index contributed by atoms with van der Waals surface area (Å²) in [5, 5.41) is 25.5. The van der Waals surface area contributed by atoms with E-state index in [2.05, 4.69) is 136 Å². The lowest BCUT2D eigenvalue weighted by Gasteiger charge is -2.41. The van der Waals surface area contributed by atoms with Gasteiger partial charge in [0, 0.05) is 166 Å². The number of hydrogen-bond donors (Lipinski definition) is 8. The fraction of sp³-hybridized carbons (Fsp3) is 0.398. The molecular weight excluding hydrogens is 1800 g/mol. The van der Waals surface area contributed by atoms with E-state index < -0.39 is 47.1 Å². The SMILES string of the molecule is CC(=O)N1CCC(N(Cc2ccco2)C(=O)Nc2cccc(C(F)(F)F)c2)CC1.CC1CN(Cc2ccccc2)CC(C)C1NC(=O)Nc1nccs1.CCN1CCC(N(Cc2ccco2)C(=O)Nc2ccc(C)c(Cl)c2)CC1.O=C(Nc1cccc(C(F)(F)F)c1)NC1CCN(Cc2ccccc2)CC1.O=C(Nc1cccc(SC(F)(F)F)c1)NC1CCN(Cc2ccccc2)CC1. The van der Waals surface area contributed by atoms with Gasteiger partial charge >= 0.3 is 48.0 Å². The number of carbonyl (C=O) groups is 6. The largest absolute Gasteiger partial charge is 0.467 e. The number of alkyl halides is 9. The summed E-state index contributed by atoms with van der Waals surface area (Å²) in [6.07, 6.45) is 2.29. The molecule has 10 aromatic rings. The first-order chi connectivity index (χ1) is 64.2. The van der Waals surface area contributed by atoms with Crippen molar-refractivity contribution in [3.05, 3.63) is 280 Å². The second-order valence-electron chi connectivity index (χ2n) is 33.7. The summed E-state index contributed by atoms with van der Waals surface area (Å²) in [4.78, 5) is 92.8. The summed E-state index contributed by atoms with van der Waals surface area (Å²) >= 11 is 7.41. The minimum Gasteiger partial charge on any atom is -0.467 e. The molecule has 3 aromatic heterocycles. The molecule has 5 saturated heterocycles. The van der Waals surface area contributed by atoms with Crippen molar-refractivity contribution in [1.82, 2.24) is 55.2 Å². The molecule has 36 heteroatoms. The Balaban J connectivity index is 0.000000161. The number of amides is 11. The standard InChI is InChI=1S/C20H26ClN3O2.C20H22F3N3O3.C20H22F3N3OS.C20H22F3N3O.C18H24N4OS/c1-3-23-10-8-17(9-11-23)24(14-18-5-4-12-26-18)20(25)22-16-7-6-15(2)19(21)13-16;1-14(27)25-9-7-17(8-10-25)26(13-18-6-3-11-29-18)19(28)24-16-5-2-4-15(12-16)20(21,22)23;21-20(22,23)28-18-8-4-7-17(13-18)25-19(27)24-16-9-11-26(12-10-16)14-15-5-2-1-3-6-15;21-20(22,23)16-7-4-8-18(13-16)25-19(27)24-17-9-11-26(12-10-17)14-15-5-2-1-3-6-15;1-13-10-22(12-15-6-4-3-5-7-15)11-14(2)16(13)20-17(23)21-18-19-8-9-24-18/h4-7,12-13,17H,3,8-11,14H2,1-2H3,(H,22,25);2-6,11-12,17H,7-10,13H2,1H3,(H,24,28);1-8,13,16H,9-12,14H2,(H2,24,25,27);1-8,13,17H,9-12,14H2,(H2,24,25,27);3-9,13-14,16H,10-12H2,1-2H3,(H2,19,20,21,23). The molecule has 7 aromatic carbocycles. The van der Waals surface area contributed by atoms with Gasteiger partial charge in [-0.3, -0.25) is 24.8 Å². The van der Waals surface area contributed by atoms with Crippen LogP contribution in [0.4, 0.5) is 91.4 Å². The molecule has 5 aliphatic rings. The quantitative estimate of drug-likeness (QED) is 0.0232. The van der Waals surface area contributed by atoms with Crippen molar-refractivity contribution in [1.29, 1.82) is 0 Å². The van der Waals surface area contributed by atoms with Gasteiger partial charge in [0.1, 0.15) is 11.5 Å². The van der Waals surface area contributed by atoms with Gasteiger partial charge in [0.15, 0.2) is 5.13 Å². The number of anilines is 5. The Morgan fingerprint density at radius 3 is 1.30 bits per heavy atom. The lowest BCUT2D eigenvalue weighted by atomic mass is 9.85. The van der Waals surface area contributed by atoms with Gasteiger partial charge in [0.05, 0.1) is 36.7 Å². The molecule has 134 heavy (non-hydrogen) atoms. The Labute approximate surface area is 788 Å². The summed E-state index contributed by atoms with van der Waals surface area (Å²) in [7, 11) is 0. The molecule has 5 aliphatic heterocycles. The molecule has 8 N–H and O–H groups in total. The third-order valence-corrected chi connectivity index (χ3v) is 25.4. The average Bonchev–Trinajstić information content (AvgIpc) is 1.48. The van der Waals surface area contributed by atoms with Crippen LogP contribution >= 0.6 is 34.7 Å². The van der Waals surface area contributed by atoms with Crippen LogP contribution in [0.15, 0.2) is 244 Å². The molecule has 718 valence electrons. The Kier molecular flexibility index (Phi) is 38.9. The summed E-state index contributed by atoms with van der Waals surface area (Å²) in [5.74, 6) is 2.15. The second kappa shape index (κ2) is 50.7. The first-order valence-corrected chi connectivity index (χ1v) is 46.8. The summed E-state index contributed by atoms with van der Waals surface area (Å²) in [5.41, 5.74) is 0.128. The number of piperidine rings is 5. The van der Waals surface area contributed by atoms with Gasteiger partial charge in [-0.15, -0.1) is 11.3 Å². The van der Waals surface area contributed by atoms with Crippen molar-refractivity contribution in [2.75, 3.05) is 98.6 Å². The number of thiazole rings is 1. The second-order valence-corrected chi connectivity index (χ2v) is 36.2. The third kappa shape index (κ3) is 34.4. The highest BCUT2D eigenvalue weighted by Gasteiger charge is 2.37. The molecule has 0 radical (unpaired) electrons. The Morgan fingerprint density at radius 2 is 0.888 bits per heavy atom. The van der Waals surface area contributed by atoms with Crippen LogP contribution in [0.2, 0.25) is 5.02 Å². The van der Waals surface area contributed by atoms with Crippen LogP contribution in [0.25, 0.3) is 0 Å². The third-order valence-electron chi connectivity index (χ3n) is 23.6. The zero-order valence-electron chi connectivity index (χ0n) is 75.4. The fourth-order valence-electron chi connectivity index (χ4n) is 16.7. The molecule has 11 amide bonds. The highest BCUT2D eigenvalue weighted by molar-refractivity contribution is 8.00. The number of aryl methyl sites for hydroxylation is 1. The van der Waals surface area contributed by atoms with Crippen LogP contribution in [0.5, 0.6) is 0 Å². The van der Waals surface area contributed by atoms with Gasteiger partial charge in [0.2, 0.25) is 5.91 Å². The summed E-state index contributed by atoms with van der Waals surface area (Å²) < 4.78 is 125. The van der Waals surface area contributed by atoms with Gasteiger partial charge in [0.25, 0.3) is 0 Å². The minimum atomic E-state index is -4.49. The number of thioether (sulfide) groups is 1. The van der Waals surface area contributed by atoms with E-state index >= 15 is 0 Å². The molecule has 2 atom stereocenters. The number of furan rings is 2. The van der Waals surface area contributed by atoms with Crippen molar-refractivity contribution >= 4 is 98.6 Å². The van der Waals surface area contributed by atoms with Gasteiger partial charge in [-0.05, 0) is 202 Å². The van der Waals surface area contributed by atoms with E-state index in [0.717, 1.165) is 153 Å². The zero-order valence-corrected chi connectivity index (χ0v) is 77.8. The molecule has 2 unspecified atom stereocenters. The molecule has 0 spiro atoms. The van der Waals surface area contributed by atoms with Crippen molar-refractivity contribution in [3.63, 3.8) is 0 Å². The number of aromatic nitrogens is 1. The smallest absolute Gasteiger partial charge is 0.446 e. The molecule has 0 saturated carbocycles. The van der Waals surface area contributed by atoms with Crippen LogP contribution in [-0.2, 0) is 49.9 Å². The Bertz CT molecular complexity index is 5250. The molecule has 5 fully saturated rings. The number of rotatable bonds is 22. The highest BCUT2D eigenvalue weighted by Crippen LogP contribution is 2.39. The van der Waals surface area contributed by atoms with Crippen LogP contribution in [0.1, 0.15) is 124 Å². The number of hydrogen-bond acceptors (Lipinski definition) is 15. The van der Waals surface area contributed by atoms with Crippen LogP contribution in [0, 0.1) is 18.8 Å². The molecular formula is C98H116ClF9N16O8S2. The van der Waals surface area contributed by atoms with Crippen LogP contribution in [0.3, 0.4) is 0 Å². The monoisotopic (exact) mass is 1910 g/mol. The number of carbonyl (C=O) groups excluding carboxylic acids is 6. The number of likely N-dealkylation sites (tertiary alicyclic amines) is 5. The van der Waals surface area contributed by atoms with E-state index in [0.29, 0.717) is 71.6 Å². The maximum Gasteiger partial charge on any atom is 0.446 e. The molecule has 8 heterocycles. The lowest BCUT2D eigenvalue weighted by Crippen LogP contribution is -2.55. The van der Waals surface area contributed by atoms with Crippen molar-refractivity contribution in [3.8, 4) is 0 Å². The van der Waals surface area contributed by atoms with Gasteiger partial charge < -0.3 is 65.7 Å². The van der Waals surface area contributed by atoms with Gasteiger partial charge in [-0.1, -0.05) is 148 Å². The lowest BCUT2D eigenvalue weighted by molar-refractivity contribution is -0.138. The topological polar surface area (TPSA) is 261 Å². The van der Waals surface area contributed by atoms with E-state index in [1.165, 1.54) is 83.7 Å². The molecule has 15 rings (SSSR count). The summed E-state index contributed by atoms with van der Waals surface area (Å²) in [6.45, 7) is 23.0. The number of nitrogens with one attached hydrogen (secondary N) is 8. The van der Waals surface area contributed by atoms with Crippen LogP contribution < -0.4 is 42.5 Å². The number of urea groups is 5. The van der Waals surface area contributed by atoms with E-state index in [9.17, 15) is 68.3 Å². The van der Waals surface area contributed by atoms with Crippen molar-refractivity contribution < 1.29 is 77.1 Å². The zero-order chi connectivity index (χ0) is 95.7. The normalized spacial score (nSPS) is 17.3. The highest BCUT2D eigenvalue weighted by atomic mass is 35.5. The van der Waals surface area contributed by atoms with Crippen LogP contribution in [-0.4, -0.2) is 183 Å². The Morgan fingerprint density at radius 1 is 0.470 bits per heavy atom. The first-order valence-electron chi connectivity index (χ1n) is 44.7. The van der Waals surface area contributed by atoms with E-state index in [1.807, 2.05) is 83.9 Å². The van der Waals surface area contributed by atoms with E-state index in [1.54, 1.807) is 46.5 Å². The van der Waals surface area contributed by atoms with Gasteiger partial charge in [-0.25, -0.2) is 29.0 Å². The predicted octanol–water partition coefficient (Wildman–Crippen LogP) is 22.1. The first kappa shape index (κ1) is 103. The van der Waals surface area contributed by atoms with E-state index in [4.69, 9.17) is 20.4 Å². The van der Waals surface area contributed by atoms with E-state index in [-0.39, 0.29) is 82.8 Å². The maximum atomic E-state index is 13.0. The van der Waals surface area contributed by atoms with Gasteiger partial charge in [-0.2, -0.15) is 39.5 Å². The number of benzene rings is 7. The Hall–Kier alpha value is -11.6. The maximum absolute atomic E-state index is 13.0. The van der Waals surface area contributed by atoms with Crippen molar-refractivity contribution in [2.45, 2.75) is 172 Å². The fourth-order valence-corrected chi connectivity index (χ4v) is 18.0. The minimum absolute atomic E-state index is 0.0165. The number of halogens is 10.